The number of carbonyl (C=O) groups excluding carboxylic acids is 2. The summed E-state index contributed by atoms with van der Waals surface area (Å²) in [6, 6.07) is 0. The number of aromatic nitrogens is 2. The lowest BCUT2D eigenvalue weighted by Crippen LogP contribution is -2.30. The highest BCUT2D eigenvalue weighted by Gasteiger charge is 2.35. The summed E-state index contributed by atoms with van der Waals surface area (Å²) < 4.78 is 1.64. The van der Waals surface area contributed by atoms with Crippen LogP contribution in [0.25, 0.3) is 0 Å². The van der Waals surface area contributed by atoms with Gasteiger partial charge in [0.1, 0.15) is 0 Å². The standard InChI is InChI=1S/C16H23N3O5.CH2O2/c1-9-16(11(3)20)10(2)19(17-9)5-4-14(22)18-7-12(6-15(23)24)13(21)8-18;2-1-3/h12-13,21H,4-8H2,1-3H3,(H,23,24);1H,(H,2,3)/t12-,13-;/m1./s1. The van der Waals surface area contributed by atoms with Crippen molar-refractivity contribution in [2.75, 3.05) is 13.1 Å². The Balaban J connectivity index is 0.00000114. The van der Waals surface area contributed by atoms with Crippen LogP contribution >= 0.6 is 0 Å². The maximum atomic E-state index is 12.3. The molecule has 2 rings (SSSR count). The molecule has 1 fully saturated rings. The number of hydrogen-bond donors (Lipinski definition) is 3. The van der Waals surface area contributed by atoms with Crippen LogP contribution in [0.3, 0.4) is 0 Å². The van der Waals surface area contributed by atoms with E-state index < -0.39 is 18.0 Å². The monoisotopic (exact) mass is 383 g/mol. The van der Waals surface area contributed by atoms with E-state index in [1.54, 1.807) is 18.5 Å². The fourth-order valence-electron chi connectivity index (χ4n) is 3.27. The molecule has 27 heavy (non-hydrogen) atoms. The van der Waals surface area contributed by atoms with Crippen molar-refractivity contribution in [3.05, 3.63) is 17.0 Å². The van der Waals surface area contributed by atoms with Crippen LogP contribution in [-0.2, 0) is 20.9 Å². The number of Topliss-reactive ketones (excluding diaryl/α,β-unsaturated/α-hetero) is 1. The number of aliphatic hydroxyl groups is 1. The Labute approximate surface area is 156 Å². The van der Waals surface area contributed by atoms with Crippen molar-refractivity contribution < 1.29 is 34.5 Å². The third-order valence-electron chi connectivity index (χ3n) is 4.47. The number of aliphatic hydroxyl groups excluding tert-OH is 1. The Morgan fingerprint density at radius 2 is 1.85 bits per heavy atom. The van der Waals surface area contributed by atoms with Crippen LogP contribution in [0.15, 0.2) is 0 Å². The van der Waals surface area contributed by atoms with E-state index in [0.717, 1.165) is 5.69 Å². The third kappa shape index (κ3) is 5.88. The molecule has 2 atom stereocenters. The van der Waals surface area contributed by atoms with Crippen molar-refractivity contribution >= 4 is 24.1 Å². The zero-order valence-corrected chi connectivity index (χ0v) is 15.6. The molecule has 10 heteroatoms. The number of nitrogens with zero attached hydrogens (tertiary/aromatic N) is 3. The lowest BCUT2D eigenvalue weighted by atomic mass is 10.0. The SMILES string of the molecule is CC(=O)c1c(C)nn(CCC(=O)N2C[C@@H](CC(=O)O)[C@H](O)C2)c1C.O=CO. The molecule has 0 saturated carbocycles. The maximum Gasteiger partial charge on any atom is 0.303 e. The van der Waals surface area contributed by atoms with Gasteiger partial charge < -0.3 is 20.2 Å². The van der Waals surface area contributed by atoms with Gasteiger partial charge in [-0.05, 0) is 20.8 Å². The predicted octanol–water partition coefficient (Wildman–Crippen LogP) is 0.0874. The minimum absolute atomic E-state index is 0.0539. The summed E-state index contributed by atoms with van der Waals surface area (Å²) in [5, 5.41) is 29.9. The number of rotatable bonds is 6. The van der Waals surface area contributed by atoms with Gasteiger partial charge in [-0.1, -0.05) is 0 Å². The van der Waals surface area contributed by atoms with Gasteiger partial charge >= 0.3 is 5.97 Å². The van der Waals surface area contributed by atoms with Gasteiger partial charge in [0.25, 0.3) is 6.47 Å². The predicted molar refractivity (Wildman–Crippen MR) is 93.3 cm³/mol. The van der Waals surface area contributed by atoms with Crippen molar-refractivity contribution in [3.63, 3.8) is 0 Å². The summed E-state index contributed by atoms with van der Waals surface area (Å²) in [7, 11) is 0. The van der Waals surface area contributed by atoms with Crippen LogP contribution in [0, 0.1) is 19.8 Å². The maximum absolute atomic E-state index is 12.3. The molecule has 1 aliphatic heterocycles. The van der Waals surface area contributed by atoms with Gasteiger partial charge in [-0.25, -0.2) is 0 Å². The van der Waals surface area contributed by atoms with Gasteiger partial charge in [0.15, 0.2) is 5.78 Å². The number of ketones is 1. The van der Waals surface area contributed by atoms with Crippen LogP contribution in [0.2, 0.25) is 0 Å². The molecule has 1 amide bonds. The number of aryl methyl sites for hydroxylation is 2. The van der Waals surface area contributed by atoms with E-state index in [1.165, 1.54) is 11.8 Å². The van der Waals surface area contributed by atoms with Gasteiger partial charge in [0, 0.05) is 37.7 Å². The van der Waals surface area contributed by atoms with Crippen molar-refractivity contribution in [1.82, 2.24) is 14.7 Å². The van der Waals surface area contributed by atoms with E-state index in [9.17, 15) is 19.5 Å². The second-order valence-corrected chi connectivity index (χ2v) is 6.40. The Morgan fingerprint density at radius 3 is 2.33 bits per heavy atom. The lowest BCUT2D eigenvalue weighted by Gasteiger charge is -2.16. The lowest BCUT2D eigenvalue weighted by molar-refractivity contribution is -0.139. The fraction of sp³-hybridized carbons (Fsp3) is 0.588. The van der Waals surface area contributed by atoms with Crippen molar-refractivity contribution in [3.8, 4) is 0 Å². The summed E-state index contributed by atoms with van der Waals surface area (Å²) in [5.74, 6) is -1.61. The molecular formula is C17H25N3O7. The summed E-state index contributed by atoms with van der Waals surface area (Å²) in [5.41, 5.74) is 1.96. The molecule has 0 spiro atoms. The molecule has 150 valence electrons. The first-order chi connectivity index (χ1) is 12.6. The zero-order chi connectivity index (χ0) is 20.7. The van der Waals surface area contributed by atoms with Crippen molar-refractivity contribution in [2.45, 2.75) is 46.3 Å². The number of carbonyl (C=O) groups is 4. The largest absolute Gasteiger partial charge is 0.483 e. The molecule has 10 nitrogen and oxygen atoms in total. The van der Waals surface area contributed by atoms with Crippen molar-refractivity contribution in [1.29, 1.82) is 0 Å². The van der Waals surface area contributed by atoms with Crippen LogP contribution in [0.5, 0.6) is 0 Å². The Morgan fingerprint density at radius 1 is 1.26 bits per heavy atom. The minimum Gasteiger partial charge on any atom is -0.483 e. The van der Waals surface area contributed by atoms with Gasteiger partial charge in [-0.15, -0.1) is 0 Å². The molecular weight excluding hydrogens is 358 g/mol. The van der Waals surface area contributed by atoms with E-state index in [1.807, 2.05) is 0 Å². The first-order valence-electron chi connectivity index (χ1n) is 8.42. The van der Waals surface area contributed by atoms with E-state index in [-0.39, 0.29) is 44.1 Å². The van der Waals surface area contributed by atoms with Crippen LogP contribution in [0.1, 0.15) is 41.5 Å². The molecule has 0 bridgehead atoms. The van der Waals surface area contributed by atoms with E-state index in [0.29, 0.717) is 17.8 Å². The molecule has 1 aromatic rings. The van der Waals surface area contributed by atoms with E-state index in [2.05, 4.69) is 5.10 Å². The Kier molecular flexibility index (Phi) is 8.10. The molecule has 1 saturated heterocycles. The number of hydrogen-bond acceptors (Lipinski definition) is 6. The van der Waals surface area contributed by atoms with E-state index >= 15 is 0 Å². The molecule has 3 N–H and O–H groups in total. The summed E-state index contributed by atoms with van der Waals surface area (Å²) in [6.07, 6.45) is -0.765. The second kappa shape index (κ2) is 9.81. The minimum atomic E-state index is -0.979. The van der Waals surface area contributed by atoms with Crippen molar-refractivity contribution in [2.24, 2.45) is 5.92 Å². The molecule has 0 unspecified atom stereocenters. The topological polar surface area (TPSA) is 150 Å². The highest BCUT2D eigenvalue weighted by molar-refractivity contribution is 5.96. The number of carboxylic acid groups (broad SMARTS) is 2. The molecule has 1 aliphatic rings. The highest BCUT2D eigenvalue weighted by Crippen LogP contribution is 2.21. The fourth-order valence-corrected chi connectivity index (χ4v) is 3.27. The average molecular weight is 383 g/mol. The number of aliphatic carboxylic acids is 1. The van der Waals surface area contributed by atoms with Gasteiger partial charge in [-0.3, -0.25) is 23.9 Å². The molecule has 0 radical (unpaired) electrons. The third-order valence-corrected chi connectivity index (χ3v) is 4.47. The van der Waals surface area contributed by atoms with Gasteiger partial charge in [0.05, 0.1) is 23.8 Å². The van der Waals surface area contributed by atoms with Gasteiger partial charge in [-0.2, -0.15) is 5.10 Å². The number of amides is 1. The first kappa shape index (κ1) is 22.3. The smallest absolute Gasteiger partial charge is 0.303 e. The number of β-amino-alcohol motifs (C(OH)–C–C–N with tert-alkyl or cyclic N) is 1. The molecule has 0 aromatic carbocycles. The van der Waals surface area contributed by atoms with Crippen LogP contribution in [-0.4, -0.2) is 73.3 Å². The number of carboxylic acids is 1. The first-order valence-corrected chi connectivity index (χ1v) is 8.42. The van der Waals surface area contributed by atoms with Gasteiger partial charge in [0.2, 0.25) is 5.91 Å². The van der Waals surface area contributed by atoms with Crippen LogP contribution in [0.4, 0.5) is 0 Å². The summed E-state index contributed by atoms with van der Waals surface area (Å²) >= 11 is 0. The van der Waals surface area contributed by atoms with Crippen LogP contribution < -0.4 is 0 Å². The average Bonchev–Trinajstić information content (AvgIpc) is 3.05. The Bertz CT molecular complexity index is 714. The quantitative estimate of drug-likeness (QED) is 0.462. The summed E-state index contributed by atoms with van der Waals surface area (Å²) in [6.45, 7) is 5.55. The highest BCUT2D eigenvalue weighted by atomic mass is 16.4. The molecule has 0 aliphatic carbocycles. The number of likely N-dealkylation sites (tertiary alicyclic amines) is 1. The molecule has 1 aromatic heterocycles. The zero-order valence-electron chi connectivity index (χ0n) is 15.6. The van der Waals surface area contributed by atoms with E-state index in [4.69, 9.17) is 15.0 Å². The second-order valence-electron chi connectivity index (χ2n) is 6.40. The molecule has 2 heterocycles. The Hall–Kier alpha value is -2.75. The summed E-state index contributed by atoms with van der Waals surface area (Å²) in [4.78, 5) is 44.5. The normalized spacial score (nSPS) is 18.6.